The molecule has 17 heteroatoms. The Morgan fingerprint density at radius 1 is 0.980 bits per heavy atom. The molecule has 3 aromatic rings. The fourth-order valence-corrected chi connectivity index (χ4v) is 7.49. The number of phosphoric acid groups is 1. The molecule has 0 aliphatic heterocycles. The molecule has 3 aromatic carbocycles. The third kappa shape index (κ3) is 13.0. The molecule has 50 heavy (non-hydrogen) atoms. The molecule has 270 valence electrons. The first-order valence-electron chi connectivity index (χ1n) is 15.6. The minimum absolute atomic E-state index is 0. The van der Waals surface area contributed by atoms with Crippen molar-refractivity contribution < 1.29 is 46.0 Å². The second-order valence-electron chi connectivity index (χ2n) is 11.8. The Morgan fingerprint density at radius 3 is 2.06 bits per heavy atom. The molecule has 0 aliphatic rings. The zero-order chi connectivity index (χ0) is 36.2. The molecule has 6 N–H and O–H groups in total. The van der Waals surface area contributed by atoms with Crippen LogP contribution in [0, 0.1) is 11.7 Å². The van der Waals surface area contributed by atoms with E-state index < -0.39 is 60.3 Å². The number of hydrogen-bond acceptors (Lipinski definition) is 8. The van der Waals surface area contributed by atoms with Crippen LogP contribution >= 0.6 is 7.82 Å². The first kappa shape index (κ1) is 43.3. The quantitative estimate of drug-likeness (QED) is 0.0554. The van der Waals surface area contributed by atoms with Crippen LogP contribution in [0.4, 0.5) is 14.9 Å². The van der Waals surface area contributed by atoms with Crippen LogP contribution in [-0.2, 0) is 28.6 Å². The summed E-state index contributed by atoms with van der Waals surface area (Å²) in [4.78, 5) is 44.5. The fraction of sp³-hybridized carbons (Fsp3) is 0.394. The second-order valence-corrected chi connectivity index (χ2v) is 14.9. The first-order valence-corrected chi connectivity index (χ1v) is 18.6. The average molecular weight is 747 g/mol. The molecule has 0 fully saturated rings. The molecular formula is C33H45FN4NaO9PS. The summed E-state index contributed by atoms with van der Waals surface area (Å²) in [7, 11) is -8.14. The van der Waals surface area contributed by atoms with Gasteiger partial charge in [0.25, 0.3) is 0 Å². The molecule has 0 bridgehead atoms. The zero-order valence-corrected chi connectivity index (χ0v) is 29.3. The Balaban J connectivity index is 0.00000867. The number of rotatable bonds is 18. The SMILES string of the molecule is COC(=O)NC(C(=O)NCCCCC(COP(=O)(O)O)N(CC(C)C)S(=O)(=O)c1ccc(N)c(F)c1)C(c1ccccc1)c1ccccc1.[NaH]. The Hall–Kier alpha value is -2.85. The van der Waals surface area contributed by atoms with E-state index in [1.54, 1.807) is 13.8 Å². The van der Waals surface area contributed by atoms with Crippen molar-refractivity contribution in [2.45, 2.75) is 56.0 Å². The summed E-state index contributed by atoms with van der Waals surface area (Å²) in [6.07, 6.45) is -0.0840. The van der Waals surface area contributed by atoms with Crippen LogP contribution < -0.4 is 16.4 Å². The number of nitrogen functional groups attached to an aromatic ring is 1. The van der Waals surface area contributed by atoms with Crippen molar-refractivity contribution in [2.24, 2.45) is 5.92 Å². The maximum atomic E-state index is 14.3. The number of amides is 2. The number of nitrogens with one attached hydrogen (secondary N) is 2. The summed E-state index contributed by atoms with van der Waals surface area (Å²) in [6, 6.07) is 19.4. The fourth-order valence-electron chi connectivity index (χ4n) is 5.31. The standard InChI is InChI=1S/C33H44FN4O9PS.Na.H/c1-23(2)21-38(49(44,45)27-17-18-29(35)28(34)20-27)26(22-47-48(41,42)43)16-10-11-19-36-32(39)31(37-33(40)46-3)30(24-12-6-4-7-13-24)25-14-8-5-9-15-25;;/h4-9,12-15,17-18,20,23,26,30-31H,10-11,16,19,21-22,35H2,1-3H3,(H,36,39)(H,37,40)(H2,41,42,43);;. The van der Waals surface area contributed by atoms with E-state index in [-0.39, 0.29) is 65.6 Å². The van der Waals surface area contributed by atoms with E-state index in [1.807, 2.05) is 60.7 Å². The van der Waals surface area contributed by atoms with Crippen LogP contribution in [0.3, 0.4) is 0 Å². The Kier molecular flexibility index (Phi) is 17.5. The molecule has 0 aliphatic carbocycles. The minimum atomic E-state index is -4.98. The number of carbonyl (C=O) groups is 2. The van der Waals surface area contributed by atoms with E-state index >= 15 is 0 Å². The number of nitrogens with zero attached hydrogens (tertiary/aromatic N) is 1. The van der Waals surface area contributed by atoms with Gasteiger partial charge in [0.1, 0.15) is 11.9 Å². The van der Waals surface area contributed by atoms with Crippen LogP contribution in [0.2, 0.25) is 0 Å². The van der Waals surface area contributed by atoms with Gasteiger partial charge in [0.2, 0.25) is 15.9 Å². The van der Waals surface area contributed by atoms with Gasteiger partial charge < -0.3 is 30.9 Å². The number of sulfonamides is 1. The van der Waals surface area contributed by atoms with Crippen molar-refractivity contribution in [1.29, 1.82) is 0 Å². The van der Waals surface area contributed by atoms with E-state index in [0.29, 0.717) is 12.8 Å². The predicted octanol–water partition coefficient (Wildman–Crippen LogP) is 3.73. The number of halogens is 1. The number of alkyl carbamates (subject to hydrolysis) is 1. The predicted molar refractivity (Wildman–Crippen MR) is 189 cm³/mol. The van der Waals surface area contributed by atoms with Crippen molar-refractivity contribution in [3.63, 3.8) is 0 Å². The summed E-state index contributed by atoms with van der Waals surface area (Å²) in [6.45, 7) is 2.96. The molecule has 2 amide bonds. The molecule has 0 aromatic heterocycles. The molecule has 2 atom stereocenters. The number of ether oxygens (including phenoxy) is 1. The molecule has 0 spiro atoms. The number of benzene rings is 3. The van der Waals surface area contributed by atoms with Gasteiger partial charge in [-0.05, 0) is 48.1 Å². The third-order valence-electron chi connectivity index (χ3n) is 7.62. The normalized spacial score (nSPS) is 13.1. The van der Waals surface area contributed by atoms with Gasteiger partial charge in [-0.15, -0.1) is 0 Å². The number of phosphoric ester groups is 1. The van der Waals surface area contributed by atoms with E-state index in [9.17, 15) is 36.7 Å². The van der Waals surface area contributed by atoms with Crippen molar-refractivity contribution >= 4 is 65.1 Å². The molecule has 2 unspecified atom stereocenters. The van der Waals surface area contributed by atoms with Crippen LogP contribution in [-0.4, -0.2) is 103 Å². The topological polar surface area (TPSA) is 198 Å². The second kappa shape index (κ2) is 20.3. The van der Waals surface area contributed by atoms with Crippen LogP contribution in [0.15, 0.2) is 83.8 Å². The van der Waals surface area contributed by atoms with Gasteiger partial charge in [-0.25, -0.2) is 22.2 Å². The van der Waals surface area contributed by atoms with Crippen LogP contribution in [0.1, 0.15) is 50.2 Å². The van der Waals surface area contributed by atoms with Gasteiger partial charge in [-0.1, -0.05) is 80.9 Å². The van der Waals surface area contributed by atoms with Gasteiger partial charge in [0.15, 0.2) is 0 Å². The van der Waals surface area contributed by atoms with Gasteiger partial charge in [-0.2, -0.15) is 4.31 Å². The third-order valence-corrected chi connectivity index (χ3v) is 10.0. The number of methoxy groups -OCH3 is 1. The zero-order valence-electron chi connectivity index (χ0n) is 27.6. The average Bonchev–Trinajstić information content (AvgIpc) is 3.06. The van der Waals surface area contributed by atoms with Crippen molar-refractivity contribution in [3.05, 3.63) is 95.8 Å². The molecule has 0 radical (unpaired) electrons. The number of unbranched alkanes of at least 4 members (excludes halogenated alkanes) is 1. The molecule has 0 saturated heterocycles. The van der Waals surface area contributed by atoms with Crippen LogP contribution in [0.5, 0.6) is 0 Å². The van der Waals surface area contributed by atoms with E-state index in [4.69, 9.17) is 15.0 Å². The summed E-state index contributed by atoms with van der Waals surface area (Å²) in [5.74, 6) is -2.19. The number of nitrogens with two attached hydrogens (primary N) is 1. The van der Waals surface area contributed by atoms with Gasteiger partial charge in [0, 0.05) is 25.0 Å². The summed E-state index contributed by atoms with van der Waals surface area (Å²) >= 11 is 0. The van der Waals surface area contributed by atoms with Crippen molar-refractivity contribution in [3.8, 4) is 0 Å². The van der Waals surface area contributed by atoms with Crippen LogP contribution in [0.25, 0.3) is 0 Å². The molecular weight excluding hydrogens is 701 g/mol. The Morgan fingerprint density at radius 2 is 1.56 bits per heavy atom. The molecule has 3 rings (SSSR count). The number of anilines is 1. The maximum absolute atomic E-state index is 14.3. The Bertz CT molecular complexity index is 1650. The van der Waals surface area contributed by atoms with E-state index in [0.717, 1.165) is 33.6 Å². The summed E-state index contributed by atoms with van der Waals surface area (Å²) in [5, 5.41) is 5.50. The molecule has 13 nitrogen and oxygen atoms in total. The molecule has 0 saturated carbocycles. The number of hydrogen-bond donors (Lipinski definition) is 5. The van der Waals surface area contributed by atoms with E-state index in [2.05, 4.69) is 10.6 Å². The molecule has 0 heterocycles. The first-order chi connectivity index (χ1) is 23.1. The van der Waals surface area contributed by atoms with Crippen molar-refractivity contribution in [1.82, 2.24) is 14.9 Å². The van der Waals surface area contributed by atoms with Gasteiger partial charge in [0.05, 0.1) is 24.3 Å². The Labute approximate surface area is 314 Å². The number of carbonyl (C=O) groups excluding carboxylic acids is 2. The van der Waals surface area contributed by atoms with Gasteiger partial charge in [-0.3, -0.25) is 9.32 Å². The summed E-state index contributed by atoms with van der Waals surface area (Å²) in [5.41, 5.74) is 6.87. The van der Waals surface area contributed by atoms with Crippen molar-refractivity contribution in [2.75, 3.05) is 32.5 Å². The van der Waals surface area contributed by atoms with Gasteiger partial charge >= 0.3 is 43.5 Å². The van der Waals surface area contributed by atoms with E-state index in [1.165, 1.54) is 7.11 Å². The monoisotopic (exact) mass is 746 g/mol. The summed E-state index contributed by atoms with van der Waals surface area (Å²) < 4.78 is 64.0.